The molecule has 1 N–H and O–H groups in total. The fourth-order valence-electron chi connectivity index (χ4n) is 3.39. The number of alkyl halides is 2. The number of anilines is 1. The molecule has 13 heteroatoms. The molecule has 0 radical (unpaired) electrons. The molecule has 8 nitrogen and oxygen atoms in total. The smallest absolute Gasteiger partial charge is 0.451 e. The summed E-state index contributed by atoms with van der Waals surface area (Å²) in [7, 11) is -4.81. The summed E-state index contributed by atoms with van der Waals surface area (Å²) in [4.78, 5) is 13.6. The predicted octanol–water partition coefficient (Wildman–Crippen LogP) is 3.88. The van der Waals surface area contributed by atoms with Crippen LogP contribution in [0.2, 0.25) is 5.02 Å². The van der Waals surface area contributed by atoms with Crippen molar-refractivity contribution in [3.8, 4) is 11.5 Å². The van der Waals surface area contributed by atoms with Gasteiger partial charge in [-0.05, 0) is 24.6 Å². The van der Waals surface area contributed by atoms with Gasteiger partial charge in [-0.25, -0.2) is 17.5 Å². The zero-order chi connectivity index (χ0) is 22.8. The summed E-state index contributed by atoms with van der Waals surface area (Å²) in [5.74, 6) is -3.83. The van der Waals surface area contributed by atoms with E-state index in [0.717, 1.165) is 37.7 Å². The van der Waals surface area contributed by atoms with Crippen molar-refractivity contribution in [3.63, 3.8) is 0 Å². The van der Waals surface area contributed by atoms with Gasteiger partial charge in [0.05, 0.1) is 10.4 Å². The number of sulfonamides is 1. The number of halogens is 4. The summed E-state index contributed by atoms with van der Waals surface area (Å²) in [5.41, 5.74) is 0.615. The summed E-state index contributed by atoms with van der Waals surface area (Å²) in [6.07, 6.45) is -3.14. The Balaban J connectivity index is 1.47. The average Bonchev–Trinajstić information content (AvgIpc) is 3.19. The van der Waals surface area contributed by atoms with E-state index in [1.165, 1.54) is 12.1 Å². The van der Waals surface area contributed by atoms with E-state index < -0.39 is 55.2 Å². The second kappa shape index (κ2) is 6.94. The molecule has 1 saturated heterocycles. The fourth-order valence-corrected chi connectivity index (χ4v) is 5.00. The Hall–Kier alpha value is -3.12. The van der Waals surface area contributed by atoms with Crippen molar-refractivity contribution in [1.29, 1.82) is 0 Å². The molecule has 1 fully saturated rings. The van der Waals surface area contributed by atoms with E-state index in [-0.39, 0.29) is 11.0 Å². The zero-order valence-corrected chi connectivity index (χ0v) is 17.4. The number of furan rings is 1. The highest BCUT2D eigenvalue weighted by Gasteiger charge is 2.47. The molecule has 0 saturated carbocycles. The van der Waals surface area contributed by atoms with Gasteiger partial charge in [0.25, 0.3) is 10.0 Å². The number of ether oxygens (including phenoxy) is 2. The fraction of sp³-hybridized carbons (Fsp3) is 0.211. The topological polar surface area (TPSA) is 98.1 Å². The van der Waals surface area contributed by atoms with Crippen molar-refractivity contribution in [2.45, 2.75) is 17.6 Å². The van der Waals surface area contributed by atoms with Crippen LogP contribution in [0.5, 0.6) is 11.5 Å². The number of rotatable bonds is 4. The minimum Gasteiger partial charge on any atom is -0.451 e. The second-order valence-electron chi connectivity index (χ2n) is 7.10. The van der Waals surface area contributed by atoms with Gasteiger partial charge < -0.3 is 18.8 Å². The van der Waals surface area contributed by atoms with Gasteiger partial charge in [-0.2, -0.15) is 0 Å². The van der Waals surface area contributed by atoms with E-state index >= 15 is 0 Å². The lowest BCUT2D eigenvalue weighted by molar-refractivity contribution is -0.287. The van der Waals surface area contributed by atoms with Gasteiger partial charge in [0.2, 0.25) is 0 Å². The SMILES string of the molecule is O=C(NS(=O)(=O)c1c(Cl)ccc2c1OC(F)(F)O2)c1cc2c(F)cc(N3CCC3)cc2o1. The normalized spacial score (nSPS) is 16.8. The number of fused-ring (bicyclic) bond motifs is 2. The molecule has 1 aromatic heterocycles. The Morgan fingerprint density at radius 1 is 1.16 bits per heavy atom. The van der Waals surface area contributed by atoms with Crippen molar-refractivity contribution in [2.75, 3.05) is 18.0 Å². The molecule has 0 unspecified atom stereocenters. The van der Waals surface area contributed by atoms with E-state index in [4.69, 9.17) is 16.0 Å². The largest absolute Gasteiger partial charge is 0.586 e. The van der Waals surface area contributed by atoms with Crippen LogP contribution >= 0.6 is 11.6 Å². The predicted molar refractivity (Wildman–Crippen MR) is 105 cm³/mol. The third-order valence-electron chi connectivity index (χ3n) is 4.99. The molecule has 168 valence electrons. The van der Waals surface area contributed by atoms with E-state index in [9.17, 15) is 26.4 Å². The first-order chi connectivity index (χ1) is 15.0. The number of amides is 1. The van der Waals surface area contributed by atoms with Crippen molar-refractivity contribution in [3.05, 3.63) is 46.9 Å². The van der Waals surface area contributed by atoms with Gasteiger partial charge in [0.1, 0.15) is 11.4 Å². The molecule has 0 bridgehead atoms. The van der Waals surface area contributed by atoms with Crippen LogP contribution in [0, 0.1) is 5.82 Å². The summed E-state index contributed by atoms with van der Waals surface area (Å²) in [6, 6.07) is 5.87. The zero-order valence-electron chi connectivity index (χ0n) is 15.8. The molecule has 3 heterocycles. The van der Waals surface area contributed by atoms with Gasteiger partial charge in [-0.15, -0.1) is 8.78 Å². The molecular formula is C19H12ClF3N2O6S. The quantitative estimate of drug-likeness (QED) is 0.595. The number of hydrogen-bond donors (Lipinski definition) is 1. The molecule has 2 aliphatic rings. The molecule has 2 aliphatic heterocycles. The molecule has 0 spiro atoms. The minimum absolute atomic E-state index is 0.0215. The highest BCUT2D eigenvalue weighted by atomic mass is 35.5. The molecular weight excluding hydrogens is 477 g/mol. The number of hydrogen-bond acceptors (Lipinski definition) is 7. The number of benzene rings is 2. The first kappa shape index (κ1) is 20.8. The van der Waals surface area contributed by atoms with Crippen LogP contribution in [0.3, 0.4) is 0 Å². The van der Waals surface area contributed by atoms with Crippen LogP contribution in [0.1, 0.15) is 17.0 Å². The van der Waals surface area contributed by atoms with Gasteiger partial charge >= 0.3 is 12.2 Å². The van der Waals surface area contributed by atoms with Crippen molar-refractivity contribution in [2.24, 2.45) is 0 Å². The van der Waals surface area contributed by atoms with Crippen molar-refractivity contribution in [1.82, 2.24) is 4.72 Å². The average molecular weight is 489 g/mol. The van der Waals surface area contributed by atoms with Crippen LogP contribution in [-0.4, -0.2) is 33.7 Å². The maximum Gasteiger partial charge on any atom is 0.586 e. The maximum atomic E-state index is 14.5. The van der Waals surface area contributed by atoms with Crippen LogP contribution in [0.15, 0.2) is 39.6 Å². The van der Waals surface area contributed by atoms with Gasteiger partial charge in [-0.1, -0.05) is 11.6 Å². The standard InChI is InChI=1S/C19H12ClF3N2O6S/c20-11-2-3-13-16(31-19(22,23)30-13)17(11)32(27,28)24-18(26)15-8-10-12(21)6-9(7-14(10)29-15)25-4-1-5-25/h2-3,6-8H,1,4-5H2,(H,24,26). The van der Waals surface area contributed by atoms with Crippen LogP contribution < -0.4 is 19.1 Å². The monoisotopic (exact) mass is 488 g/mol. The summed E-state index contributed by atoms with van der Waals surface area (Å²) in [5, 5.41) is -0.507. The molecule has 0 aliphatic carbocycles. The highest BCUT2D eigenvalue weighted by molar-refractivity contribution is 7.90. The lowest BCUT2D eigenvalue weighted by Crippen LogP contribution is -2.36. The lowest BCUT2D eigenvalue weighted by atomic mass is 10.1. The summed E-state index contributed by atoms with van der Waals surface area (Å²) < 4.78 is 82.3. The van der Waals surface area contributed by atoms with E-state index in [1.54, 1.807) is 4.72 Å². The van der Waals surface area contributed by atoms with Crippen LogP contribution in [-0.2, 0) is 10.0 Å². The molecule has 2 aromatic carbocycles. The van der Waals surface area contributed by atoms with Crippen LogP contribution in [0.25, 0.3) is 11.0 Å². The number of carbonyl (C=O) groups excluding carboxylic acids is 1. The molecule has 32 heavy (non-hydrogen) atoms. The Kier molecular flexibility index (Phi) is 4.50. The number of nitrogens with zero attached hydrogens (tertiary/aromatic N) is 1. The minimum atomic E-state index is -4.81. The first-order valence-electron chi connectivity index (χ1n) is 9.18. The number of nitrogens with one attached hydrogen (secondary N) is 1. The van der Waals surface area contributed by atoms with Crippen molar-refractivity contribution >= 4 is 44.2 Å². The Morgan fingerprint density at radius 3 is 2.59 bits per heavy atom. The van der Waals surface area contributed by atoms with Crippen molar-refractivity contribution < 1.29 is 40.3 Å². The van der Waals surface area contributed by atoms with Gasteiger partial charge in [-0.3, -0.25) is 4.79 Å². The summed E-state index contributed by atoms with van der Waals surface area (Å²) in [6.45, 7) is 1.51. The molecule has 0 atom stereocenters. The Bertz CT molecular complexity index is 1390. The maximum absolute atomic E-state index is 14.5. The first-order valence-corrected chi connectivity index (χ1v) is 11.0. The molecule has 5 rings (SSSR count). The van der Waals surface area contributed by atoms with Crippen LogP contribution in [0.4, 0.5) is 18.9 Å². The van der Waals surface area contributed by atoms with E-state index in [0.29, 0.717) is 5.69 Å². The Morgan fingerprint density at radius 2 is 1.91 bits per heavy atom. The molecule has 1 amide bonds. The molecule has 3 aromatic rings. The number of carbonyl (C=O) groups is 1. The van der Waals surface area contributed by atoms with Gasteiger partial charge in [0.15, 0.2) is 22.2 Å². The third-order valence-corrected chi connectivity index (χ3v) is 6.81. The lowest BCUT2D eigenvalue weighted by Gasteiger charge is -2.33. The second-order valence-corrected chi connectivity index (χ2v) is 9.12. The summed E-state index contributed by atoms with van der Waals surface area (Å²) >= 11 is 5.88. The van der Waals surface area contributed by atoms with E-state index in [2.05, 4.69) is 9.47 Å². The third kappa shape index (κ3) is 3.39. The van der Waals surface area contributed by atoms with Gasteiger partial charge in [0, 0.05) is 30.9 Å². The highest BCUT2D eigenvalue weighted by Crippen LogP contribution is 2.47. The van der Waals surface area contributed by atoms with E-state index in [1.807, 2.05) is 4.90 Å². The Labute approximate surface area is 183 Å².